The van der Waals surface area contributed by atoms with Gasteiger partial charge >= 0.3 is 0 Å². The standard InChI is InChI=1S/C24H26/c1-3-11-23(19-17-21-13-7-5-8-14-21)24(12-4-2)20-18-22-15-9-6-10-16-22/h5-10,13-16,23-24H,3-4,11-12H2,1-2H3. The fourth-order valence-electron chi connectivity index (χ4n) is 2.76. The van der Waals surface area contributed by atoms with Gasteiger partial charge in [-0.2, -0.15) is 0 Å². The van der Waals surface area contributed by atoms with Crippen molar-refractivity contribution in [1.29, 1.82) is 0 Å². The molecule has 0 aliphatic carbocycles. The normalized spacial score (nSPS) is 12.2. The molecule has 2 unspecified atom stereocenters. The van der Waals surface area contributed by atoms with E-state index >= 15 is 0 Å². The molecule has 0 saturated heterocycles. The first-order chi connectivity index (χ1) is 11.8. The van der Waals surface area contributed by atoms with Crippen molar-refractivity contribution in [3.05, 3.63) is 71.8 Å². The third-order valence-corrected chi connectivity index (χ3v) is 4.04. The van der Waals surface area contributed by atoms with Crippen LogP contribution in [-0.4, -0.2) is 0 Å². The van der Waals surface area contributed by atoms with Gasteiger partial charge in [-0.05, 0) is 37.1 Å². The summed E-state index contributed by atoms with van der Waals surface area (Å²) >= 11 is 0. The minimum Gasteiger partial charge on any atom is -0.0932 e. The van der Waals surface area contributed by atoms with Crippen LogP contribution >= 0.6 is 0 Å². The molecule has 2 rings (SSSR count). The van der Waals surface area contributed by atoms with Gasteiger partial charge in [-0.1, -0.05) is 86.8 Å². The number of hydrogen-bond donors (Lipinski definition) is 0. The zero-order chi connectivity index (χ0) is 17.0. The van der Waals surface area contributed by atoms with Crippen molar-refractivity contribution in [2.75, 3.05) is 0 Å². The molecule has 0 bridgehead atoms. The van der Waals surface area contributed by atoms with Crippen molar-refractivity contribution in [2.24, 2.45) is 11.8 Å². The maximum Gasteiger partial charge on any atom is 0.0344 e. The first kappa shape index (κ1) is 17.9. The minimum absolute atomic E-state index is 0.339. The Labute approximate surface area is 147 Å². The van der Waals surface area contributed by atoms with E-state index < -0.39 is 0 Å². The lowest BCUT2D eigenvalue weighted by atomic mass is 9.85. The molecule has 0 heteroatoms. The van der Waals surface area contributed by atoms with Gasteiger partial charge in [0.1, 0.15) is 0 Å². The van der Waals surface area contributed by atoms with Gasteiger partial charge in [-0.3, -0.25) is 0 Å². The summed E-state index contributed by atoms with van der Waals surface area (Å²) in [6.07, 6.45) is 4.49. The Morgan fingerprint density at radius 1 is 0.625 bits per heavy atom. The average Bonchev–Trinajstić information content (AvgIpc) is 2.64. The molecule has 0 spiro atoms. The highest BCUT2D eigenvalue weighted by molar-refractivity contribution is 5.37. The van der Waals surface area contributed by atoms with Gasteiger partial charge in [0.25, 0.3) is 0 Å². The molecule has 0 heterocycles. The van der Waals surface area contributed by atoms with Crippen LogP contribution in [-0.2, 0) is 0 Å². The van der Waals surface area contributed by atoms with Crippen LogP contribution in [0.15, 0.2) is 60.7 Å². The SMILES string of the molecule is CCCC(C#Cc1ccccc1)C(C#Cc1ccccc1)CCC. The lowest BCUT2D eigenvalue weighted by molar-refractivity contribution is 0.438. The molecule has 24 heavy (non-hydrogen) atoms. The molecule has 0 nitrogen and oxygen atoms in total. The Bertz CT molecular complexity index is 639. The van der Waals surface area contributed by atoms with Crippen LogP contribution in [0.2, 0.25) is 0 Å². The summed E-state index contributed by atoms with van der Waals surface area (Å²) in [4.78, 5) is 0. The molecule has 0 aliphatic rings. The van der Waals surface area contributed by atoms with Crippen molar-refractivity contribution in [3.63, 3.8) is 0 Å². The van der Waals surface area contributed by atoms with Crippen LogP contribution in [0.4, 0.5) is 0 Å². The summed E-state index contributed by atoms with van der Waals surface area (Å²) in [5.41, 5.74) is 2.18. The molecule has 0 amide bonds. The summed E-state index contributed by atoms with van der Waals surface area (Å²) in [7, 11) is 0. The molecule has 2 atom stereocenters. The smallest absolute Gasteiger partial charge is 0.0344 e. The highest BCUT2D eigenvalue weighted by atomic mass is 14.2. The zero-order valence-electron chi connectivity index (χ0n) is 14.8. The molecular weight excluding hydrogens is 288 g/mol. The third-order valence-electron chi connectivity index (χ3n) is 4.04. The molecule has 0 radical (unpaired) electrons. The molecule has 0 aromatic heterocycles. The van der Waals surface area contributed by atoms with Gasteiger partial charge < -0.3 is 0 Å². The summed E-state index contributed by atoms with van der Waals surface area (Å²) < 4.78 is 0. The number of benzene rings is 2. The number of rotatable bonds is 5. The average molecular weight is 314 g/mol. The molecule has 122 valence electrons. The quantitative estimate of drug-likeness (QED) is 0.601. The lowest BCUT2D eigenvalue weighted by Gasteiger charge is -2.17. The minimum atomic E-state index is 0.339. The second kappa shape index (κ2) is 10.4. The molecule has 0 aliphatic heterocycles. The molecule has 2 aromatic carbocycles. The van der Waals surface area contributed by atoms with E-state index in [9.17, 15) is 0 Å². The predicted molar refractivity (Wildman–Crippen MR) is 103 cm³/mol. The van der Waals surface area contributed by atoms with E-state index in [0.717, 1.165) is 36.8 Å². The van der Waals surface area contributed by atoms with Gasteiger partial charge in [0, 0.05) is 23.0 Å². The Morgan fingerprint density at radius 3 is 1.33 bits per heavy atom. The van der Waals surface area contributed by atoms with Crippen molar-refractivity contribution >= 4 is 0 Å². The fraction of sp³-hybridized carbons (Fsp3) is 0.333. The monoisotopic (exact) mass is 314 g/mol. The predicted octanol–water partition coefficient (Wildman–Crippen LogP) is 5.92. The van der Waals surface area contributed by atoms with E-state index in [1.165, 1.54) is 0 Å². The van der Waals surface area contributed by atoms with Gasteiger partial charge in [-0.15, -0.1) is 0 Å². The molecule has 0 N–H and O–H groups in total. The first-order valence-electron chi connectivity index (χ1n) is 8.96. The Kier molecular flexibility index (Phi) is 7.73. The van der Waals surface area contributed by atoms with Gasteiger partial charge in [0.15, 0.2) is 0 Å². The zero-order valence-corrected chi connectivity index (χ0v) is 14.8. The van der Waals surface area contributed by atoms with Crippen LogP contribution in [0.1, 0.15) is 50.7 Å². The maximum absolute atomic E-state index is 3.51. The Balaban J connectivity index is 2.21. The highest BCUT2D eigenvalue weighted by Gasteiger charge is 2.16. The van der Waals surface area contributed by atoms with Gasteiger partial charge in [0.2, 0.25) is 0 Å². The lowest BCUT2D eigenvalue weighted by Crippen LogP contribution is -2.11. The topological polar surface area (TPSA) is 0 Å². The van der Waals surface area contributed by atoms with E-state index in [2.05, 4.69) is 61.8 Å². The van der Waals surface area contributed by atoms with Crippen LogP contribution in [0.5, 0.6) is 0 Å². The van der Waals surface area contributed by atoms with Crippen molar-refractivity contribution in [2.45, 2.75) is 39.5 Å². The number of hydrogen-bond acceptors (Lipinski definition) is 0. The molecule has 0 saturated carbocycles. The van der Waals surface area contributed by atoms with Crippen LogP contribution in [0.3, 0.4) is 0 Å². The highest BCUT2D eigenvalue weighted by Crippen LogP contribution is 2.22. The van der Waals surface area contributed by atoms with Crippen LogP contribution in [0.25, 0.3) is 0 Å². The first-order valence-corrected chi connectivity index (χ1v) is 8.96. The Hall–Kier alpha value is -2.44. The second-order valence-corrected chi connectivity index (χ2v) is 6.06. The van der Waals surface area contributed by atoms with E-state index in [4.69, 9.17) is 0 Å². The summed E-state index contributed by atoms with van der Waals surface area (Å²) in [6.45, 7) is 4.45. The fourth-order valence-corrected chi connectivity index (χ4v) is 2.76. The summed E-state index contributed by atoms with van der Waals surface area (Å²) in [6, 6.07) is 20.5. The van der Waals surface area contributed by atoms with Gasteiger partial charge in [0.05, 0.1) is 0 Å². The van der Waals surface area contributed by atoms with Crippen molar-refractivity contribution in [3.8, 4) is 23.7 Å². The van der Waals surface area contributed by atoms with Crippen LogP contribution in [0, 0.1) is 35.5 Å². The van der Waals surface area contributed by atoms with E-state index in [-0.39, 0.29) is 0 Å². The van der Waals surface area contributed by atoms with Gasteiger partial charge in [-0.25, -0.2) is 0 Å². The summed E-state index contributed by atoms with van der Waals surface area (Å²) in [5, 5.41) is 0. The largest absolute Gasteiger partial charge is 0.0932 e. The summed E-state index contributed by atoms with van der Waals surface area (Å²) in [5.74, 6) is 14.4. The van der Waals surface area contributed by atoms with E-state index in [1.807, 2.05) is 36.4 Å². The molecular formula is C24H26. The maximum atomic E-state index is 3.51. The van der Waals surface area contributed by atoms with Crippen molar-refractivity contribution < 1.29 is 0 Å². The van der Waals surface area contributed by atoms with E-state index in [0.29, 0.717) is 11.8 Å². The molecule has 2 aromatic rings. The van der Waals surface area contributed by atoms with E-state index in [1.54, 1.807) is 0 Å². The van der Waals surface area contributed by atoms with Crippen LogP contribution < -0.4 is 0 Å². The second-order valence-electron chi connectivity index (χ2n) is 6.06. The Morgan fingerprint density at radius 2 is 1.00 bits per heavy atom. The molecule has 0 fully saturated rings. The third kappa shape index (κ3) is 5.98. The van der Waals surface area contributed by atoms with Crippen molar-refractivity contribution in [1.82, 2.24) is 0 Å².